The molecule has 0 aromatic carbocycles. The summed E-state index contributed by atoms with van der Waals surface area (Å²) in [5, 5.41) is 9.08. The molecule has 86 valence electrons. The van der Waals surface area contributed by atoms with Crippen LogP contribution >= 0.6 is 0 Å². The number of carbonyl (C=O) groups is 1. The van der Waals surface area contributed by atoms with Gasteiger partial charge in [-0.1, -0.05) is 6.42 Å². The average Bonchev–Trinajstić information content (AvgIpc) is 2.42. The lowest BCUT2D eigenvalue weighted by atomic mass is 9.97. The number of nitrogens with one attached hydrogen (secondary N) is 1. The minimum Gasteiger partial charge on any atom is -0.477 e. The van der Waals surface area contributed by atoms with Gasteiger partial charge in [0.15, 0.2) is 0 Å². The van der Waals surface area contributed by atoms with Crippen molar-refractivity contribution in [1.82, 2.24) is 4.98 Å². The Kier molecular flexibility index (Phi) is 2.81. The molecule has 1 aliphatic carbocycles. The highest BCUT2D eigenvalue weighted by molar-refractivity contribution is 5.89. The Morgan fingerprint density at radius 3 is 2.44 bits per heavy atom. The zero-order valence-corrected chi connectivity index (χ0v) is 9.30. The third-order valence-electron chi connectivity index (χ3n) is 3.21. The van der Waals surface area contributed by atoms with Crippen LogP contribution in [0.3, 0.4) is 0 Å². The second-order valence-electron chi connectivity index (χ2n) is 4.28. The lowest BCUT2D eigenvalue weighted by molar-refractivity contribution is 0.0693. The Hall–Kier alpha value is -1.58. The van der Waals surface area contributed by atoms with Crippen molar-refractivity contribution >= 4 is 5.97 Å². The molecule has 0 saturated carbocycles. The molecule has 4 nitrogen and oxygen atoms in total. The number of aromatic amines is 1. The van der Waals surface area contributed by atoms with E-state index in [0.717, 1.165) is 42.5 Å². The fourth-order valence-electron chi connectivity index (χ4n) is 2.44. The smallest absolute Gasteiger partial charge is 0.341 e. The van der Waals surface area contributed by atoms with Crippen LogP contribution in [0, 0.1) is 6.92 Å². The maximum Gasteiger partial charge on any atom is 0.341 e. The monoisotopic (exact) mass is 221 g/mol. The van der Waals surface area contributed by atoms with Crippen molar-refractivity contribution in [2.75, 3.05) is 0 Å². The molecule has 0 fully saturated rings. The van der Waals surface area contributed by atoms with E-state index in [1.807, 2.05) is 6.92 Å². The first-order valence-electron chi connectivity index (χ1n) is 5.59. The van der Waals surface area contributed by atoms with Gasteiger partial charge in [-0.05, 0) is 43.7 Å². The van der Waals surface area contributed by atoms with Crippen molar-refractivity contribution in [2.24, 2.45) is 0 Å². The topological polar surface area (TPSA) is 70.2 Å². The van der Waals surface area contributed by atoms with Gasteiger partial charge in [-0.3, -0.25) is 4.79 Å². The summed E-state index contributed by atoms with van der Waals surface area (Å²) < 4.78 is 0. The Labute approximate surface area is 93.3 Å². The number of hydrogen-bond acceptors (Lipinski definition) is 2. The second kappa shape index (κ2) is 4.12. The van der Waals surface area contributed by atoms with Crippen LogP contribution in [0.25, 0.3) is 0 Å². The third kappa shape index (κ3) is 1.75. The number of fused-ring (bicyclic) bond motifs is 1. The highest BCUT2D eigenvalue weighted by Crippen LogP contribution is 2.23. The van der Waals surface area contributed by atoms with Gasteiger partial charge in [0.2, 0.25) is 0 Å². The van der Waals surface area contributed by atoms with E-state index < -0.39 is 11.5 Å². The normalized spacial score (nSPS) is 15.3. The van der Waals surface area contributed by atoms with Crippen LogP contribution in [-0.2, 0) is 12.8 Å². The zero-order valence-electron chi connectivity index (χ0n) is 9.30. The van der Waals surface area contributed by atoms with Gasteiger partial charge in [-0.25, -0.2) is 4.79 Å². The van der Waals surface area contributed by atoms with Gasteiger partial charge in [0, 0.05) is 5.69 Å². The summed E-state index contributed by atoms with van der Waals surface area (Å²) in [6.07, 6.45) is 4.72. The summed E-state index contributed by atoms with van der Waals surface area (Å²) in [5.41, 5.74) is 2.10. The third-order valence-corrected chi connectivity index (χ3v) is 3.21. The lowest BCUT2D eigenvalue weighted by Gasteiger charge is -2.11. The zero-order chi connectivity index (χ0) is 11.7. The van der Waals surface area contributed by atoms with E-state index in [2.05, 4.69) is 4.98 Å². The quantitative estimate of drug-likeness (QED) is 0.708. The SMILES string of the molecule is Cc1[nH]c(=O)c(C(=O)O)c2c1CCCCC2. The highest BCUT2D eigenvalue weighted by atomic mass is 16.4. The van der Waals surface area contributed by atoms with E-state index in [1.54, 1.807) is 0 Å². The molecule has 0 radical (unpaired) electrons. The van der Waals surface area contributed by atoms with Crippen LogP contribution in [0.15, 0.2) is 4.79 Å². The largest absolute Gasteiger partial charge is 0.477 e. The number of carboxylic acids is 1. The van der Waals surface area contributed by atoms with Crippen molar-refractivity contribution in [3.63, 3.8) is 0 Å². The molecule has 1 heterocycles. The summed E-state index contributed by atoms with van der Waals surface area (Å²) >= 11 is 0. The van der Waals surface area contributed by atoms with Crippen LogP contribution < -0.4 is 5.56 Å². The Morgan fingerprint density at radius 1 is 1.19 bits per heavy atom. The molecule has 2 N–H and O–H groups in total. The van der Waals surface area contributed by atoms with Gasteiger partial charge in [-0.2, -0.15) is 0 Å². The molecule has 4 heteroatoms. The van der Waals surface area contributed by atoms with Crippen LogP contribution in [0.4, 0.5) is 0 Å². The van der Waals surface area contributed by atoms with Gasteiger partial charge in [0.05, 0.1) is 0 Å². The molecular weight excluding hydrogens is 206 g/mol. The predicted molar refractivity (Wildman–Crippen MR) is 60.0 cm³/mol. The van der Waals surface area contributed by atoms with Crippen molar-refractivity contribution in [2.45, 2.75) is 39.0 Å². The lowest BCUT2D eigenvalue weighted by Crippen LogP contribution is -2.23. The molecule has 0 spiro atoms. The van der Waals surface area contributed by atoms with Gasteiger partial charge in [-0.15, -0.1) is 0 Å². The molecule has 0 bridgehead atoms. The van der Waals surface area contributed by atoms with Crippen LogP contribution in [0.2, 0.25) is 0 Å². The van der Waals surface area contributed by atoms with Gasteiger partial charge < -0.3 is 10.1 Å². The fraction of sp³-hybridized carbons (Fsp3) is 0.500. The van der Waals surface area contributed by atoms with E-state index in [9.17, 15) is 9.59 Å². The molecule has 2 rings (SSSR count). The van der Waals surface area contributed by atoms with Crippen molar-refractivity contribution in [3.8, 4) is 0 Å². The summed E-state index contributed by atoms with van der Waals surface area (Å²) in [4.78, 5) is 25.4. The van der Waals surface area contributed by atoms with Gasteiger partial charge in [0.25, 0.3) is 5.56 Å². The standard InChI is InChI=1S/C12H15NO3/c1-7-8-5-3-2-4-6-9(8)10(12(15)16)11(14)13-7/h2-6H2,1H3,(H,13,14)(H,15,16). The fourth-order valence-corrected chi connectivity index (χ4v) is 2.44. The summed E-state index contributed by atoms with van der Waals surface area (Å²) in [6, 6.07) is 0. The minimum absolute atomic E-state index is 0.0532. The number of rotatable bonds is 1. The number of H-pyrrole nitrogens is 1. The number of pyridine rings is 1. The molecule has 1 aromatic rings. The maximum atomic E-state index is 11.6. The number of aryl methyl sites for hydroxylation is 1. The first-order chi connectivity index (χ1) is 7.61. The molecule has 0 atom stereocenters. The summed E-state index contributed by atoms with van der Waals surface area (Å²) in [5.74, 6) is -1.11. The highest BCUT2D eigenvalue weighted by Gasteiger charge is 2.21. The van der Waals surface area contributed by atoms with Crippen molar-refractivity contribution in [3.05, 3.63) is 32.7 Å². The van der Waals surface area contributed by atoms with Crippen LogP contribution in [0.5, 0.6) is 0 Å². The maximum absolute atomic E-state index is 11.6. The number of aromatic carboxylic acids is 1. The van der Waals surface area contributed by atoms with E-state index in [4.69, 9.17) is 5.11 Å². The molecule has 0 saturated heterocycles. The first-order valence-corrected chi connectivity index (χ1v) is 5.59. The molecule has 16 heavy (non-hydrogen) atoms. The molecule has 1 aliphatic rings. The molecule has 0 unspecified atom stereocenters. The van der Waals surface area contributed by atoms with Gasteiger partial charge >= 0.3 is 5.97 Å². The van der Waals surface area contributed by atoms with Crippen LogP contribution in [-0.4, -0.2) is 16.1 Å². The Balaban J connectivity index is 2.70. The van der Waals surface area contributed by atoms with Crippen molar-refractivity contribution in [1.29, 1.82) is 0 Å². The minimum atomic E-state index is -1.11. The average molecular weight is 221 g/mol. The van der Waals surface area contributed by atoms with Gasteiger partial charge in [0.1, 0.15) is 5.56 Å². The van der Waals surface area contributed by atoms with E-state index in [1.165, 1.54) is 0 Å². The molecular formula is C12H15NO3. The second-order valence-corrected chi connectivity index (χ2v) is 4.28. The first kappa shape index (κ1) is 10.9. The molecule has 0 amide bonds. The van der Waals surface area contributed by atoms with Crippen LogP contribution in [0.1, 0.15) is 46.4 Å². The Bertz CT molecular complexity index is 488. The predicted octanol–water partition coefficient (Wildman–Crippen LogP) is 1.65. The van der Waals surface area contributed by atoms with E-state index >= 15 is 0 Å². The Morgan fingerprint density at radius 2 is 1.81 bits per heavy atom. The van der Waals surface area contributed by atoms with E-state index in [0.29, 0.717) is 6.42 Å². The van der Waals surface area contributed by atoms with E-state index in [-0.39, 0.29) is 5.56 Å². The molecule has 0 aliphatic heterocycles. The number of hydrogen-bond donors (Lipinski definition) is 2. The summed E-state index contributed by atoms with van der Waals surface area (Å²) in [7, 11) is 0. The number of aromatic nitrogens is 1. The molecule has 1 aromatic heterocycles. The summed E-state index contributed by atoms with van der Waals surface area (Å²) in [6.45, 7) is 1.84. The van der Waals surface area contributed by atoms with Crippen molar-refractivity contribution < 1.29 is 9.90 Å². The number of carboxylic acid groups (broad SMARTS) is 1.